The Kier molecular flexibility index (Phi) is 5.93. The van der Waals surface area contributed by atoms with Crippen LogP contribution < -0.4 is 0 Å². The minimum absolute atomic E-state index is 0.714. The van der Waals surface area contributed by atoms with Crippen molar-refractivity contribution in [3.05, 3.63) is 12.7 Å². The molecule has 0 saturated carbocycles. The monoisotopic (exact) mass is 221 g/mol. The minimum atomic E-state index is 0.714. The fourth-order valence-corrected chi connectivity index (χ4v) is 3.42. The predicted molar refractivity (Wildman–Crippen MR) is 53.1 cm³/mol. The Morgan fingerprint density at radius 2 is 2.09 bits per heavy atom. The van der Waals surface area contributed by atoms with E-state index in [1.165, 1.54) is 0 Å². The number of allylic oxidation sites excluding steroid dienone is 1. The molecule has 0 heterocycles. The SMILES string of the molecule is C=CCC(C)C([Se]C)N(C)C. The fourth-order valence-electron chi connectivity index (χ4n) is 1.33. The van der Waals surface area contributed by atoms with Crippen LogP contribution >= 0.6 is 0 Å². The Labute approximate surface area is 77.0 Å². The van der Waals surface area contributed by atoms with Crippen molar-refractivity contribution in [3.63, 3.8) is 0 Å². The van der Waals surface area contributed by atoms with Crippen LogP contribution in [0.25, 0.3) is 0 Å². The van der Waals surface area contributed by atoms with E-state index < -0.39 is 0 Å². The molecule has 2 heteroatoms. The van der Waals surface area contributed by atoms with Crippen molar-refractivity contribution in [2.45, 2.75) is 24.1 Å². The Morgan fingerprint density at radius 3 is 2.36 bits per heavy atom. The molecular formula is C9H19NSe. The normalized spacial score (nSPS) is 16.5. The molecule has 0 aromatic carbocycles. The molecule has 0 aromatic heterocycles. The summed E-state index contributed by atoms with van der Waals surface area (Å²) >= 11 is 0.714. The van der Waals surface area contributed by atoms with Crippen LogP contribution in [0.2, 0.25) is 5.82 Å². The van der Waals surface area contributed by atoms with E-state index in [4.69, 9.17) is 0 Å². The van der Waals surface area contributed by atoms with Crippen molar-refractivity contribution in [3.8, 4) is 0 Å². The zero-order valence-electron chi connectivity index (χ0n) is 8.00. The first-order chi connectivity index (χ1) is 5.13. The maximum absolute atomic E-state index is 3.77. The summed E-state index contributed by atoms with van der Waals surface area (Å²) in [5, 5.41) is 0. The number of hydrogen-bond donors (Lipinski definition) is 0. The molecular weight excluding hydrogens is 201 g/mol. The summed E-state index contributed by atoms with van der Waals surface area (Å²) in [4.78, 5) is 3.09. The van der Waals surface area contributed by atoms with Crippen LogP contribution in [-0.2, 0) is 0 Å². The van der Waals surface area contributed by atoms with Gasteiger partial charge in [-0.15, -0.1) is 0 Å². The average molecular weight is 220 g/mol. The summed E-state index contributed by atoms with van der Waals surface area (Å²) in [6.07, 6.45) is 3.16. The molecule has 0 aromatic rings. The van der Waals surface area contributed by atoms with Crippen molar-refractivity contribution in [1.29, 1.82) is 0 Å². The van der Waals surface area contributed by atoms with Gasteiger partial charge in [-0.05, 0) is 0 Å². The zero-order valence-corrected chi connectivity index (χ0v) is 9.71. The van der Waals surface area contributed by atoms with E-state index in [0.29, 0.717) is 15.0 Å². The zero-order chi connectivity index (χ0) is 8.85. The summed E-state index contributed by atoms with van der Waals surface area (Å²) in [6, 6.07) is 0. The Bertz CT molecular complexity index is 112. The second-order valence-electron chi connectivity index (χ2n) is 3.09. The third-order valence-electron chi connectivity index (χ3n) is 1.78. The van der Waals surface area contributed by atoms with E-state index in [2.05, 4.69) is 38.3 Å². The summed E-state index contributed by atoms with van der Waals surface area (Å²) in [7, 11) is 4.32. The number of nitrogens with zero attached hydrogens (tertiary/aromatic N) is 1. The van der Waals surface area contributed by atoms with Crippen molar-refractivity contribution < 1.29 is 0 Å². The number of hydrogen-bond acceptors (Lipinski definition) is 1. The molecule has 0 aliphatic heterocycles. The van der Waals surface area contributed by atoms with Crippen LogP contribution in [0.4, 0.5) is 0 Å². The fraction of sp³-hybridized carbons (Fsp3) is 0.778. The molecule has 11 heavy (non-hydrogen) atoms. The second-order valence-corrected chi connectivity index (χ2v) is 5.09. The van der Waals surface area contributed by atoms with Crippen molar-refractivity contribution in [2.24, 2.45) is 5.92 Å². The van der Waals surface area contributed by atoms with E-state index >= 15 is 0 Å². The van der Waals surface area contributed by atoms with Gasteiger partial charge < -0.3 is 0 Å². The molecule has 0 amide bonds. The van der Waals surface area contributed by atoms with Gasteiger partial charge in [0.15, 0.2) is 0 Å². The molecule has 2 atom stereocenters. The average Bonchev–Trinajstić information content (AvgIpc) is 1.88. The van der Waals surface area contributed by atoms with Crippen LogP contribution in [-0.4, -0.2) is 38.9 Å². The van der Waals surface area contributed by atoms with Crippen LogP contribution in [0, 0.1) is 5.92 Å². The second kappa shape index (κ2) is 5.82. The van der Waals surface area contributed by atoms with Gasteiger partial charge in [0.1, 0.15) is 0 Å². The standard InChI is InChI=1S/C9H19NSe/c1-6-7-8(2)9(11-5)10(3)4/h6,8-9H,1,7H2,2-5H3. The van der Waals surface area contributed by atoms with Gasteiger partial charge in [0.2, 0.25) is 0 Å². The van der Waals surface area contributed by atoms with Crippen molar-refractivity contribution >= 4 is 15.0 Å². The van der Waals surface area contributed by atoms with Gasteiger partial charge in [0.05, 0.1) is 0 Å². The van der Waals surface area contributed by atoms with Crippen LogP contribution in [0.5, 0.6) is 0 Å². The van der Waals surface area contributed by atoms with Gasteiger partial charge in [-0.3, -0.25) is 0 Å². The third-order valence-corrected chi connectivity index (χ3v) is 4.65. The first-order valence-corrected chi connectivity index (χ1v) is 6.63. The topological polar surface area (TPSA) is 3.24 Å². The molecule has 0 bridgehead atoms. The van der Waals surface area contributed by atoms with Gasteiger partial charge in [0.25, 0.3) is 0 Å². The van der Waals surface area contributed by atoms with Crippen molar-refractivity contribution in [2.75, 3.05) is 14.1 Å². The summed E-state index contributed by atoms with van der Waals surface area (Å²) in [6.45, 7) is 6.07. The first kappa shape index (κ1) is 11.2. The molecule has 0 radical (unpaired) electrons. The molecule has 2 unspecified atom stereocenters. The van der Waals surface area contributed by atoms with E-state index in [-0.39, 0.29) is 0 Å². The summed E-state index contributed by atoms with van der Waals surface area (Å²) < 4.78 is 0. The van der Waals surface area contributed by atoms with E-state index in [1.807, 2.05) is 6.08 Å². The Morgan fingerprint density at radius 1 is 1.55 bits per heavy atom. The summed E-state index contributed by atoms with van der Waals surface area (Å²) in [5.41, 5.74) is 0. The van der Waals surface area contributed by atoms with Crippen LogP contribution in [0.1, 0.15) is 13.3 Å². The van der Waals surface area contributed by atoms with Gasteiger partial charge in [-0.2, -0.15) is 0 Å². The van der Waals surface area contributed by atoms with E-state index in [1.54, 1.807) is 0 Å². The molecule has 0 saturated heterocycles. The van der Waals surface area contributed by atoms with E-state index in [0.717, 1.165) is 17.3 Å². The molecule has 0 fully saturated rings. The van der Waals surface area contributed by atoms with E-state index in [9.17, 15) is 0 Å². The summed E-state index contributed by atoms with van der Waals surface area (Å²) in [5.74, 6) is 3.06. The van der Waals surface area contributed by atoms with Gasteiger partial charge in [-0.1, -0.05) is 0 Å². The van der Waals surface area contributed by atoms with Gasteiger partial charge in [-0.25, -0.2) is 0 Å². The van der Waals surface area contributed by atoms with Crippen LogP contribution in [0.3, 0.4) is 0 Å². The predicted octanol–water partition coefficient (Wildman–Crippen LogP) is 1.84. The molecule has 66 valence electrons. The molecule has 0 spiro atoms. The Hall–Kier alpha value is 0.219. The van der Waals surface area contributed by atoms with Crippen molar-refractivity contribution in [1.82, 2.24) is 4.90 Å². The maximum atomic E-state index is 3.77. The number of rotatable bonds is 5. The quantitative estimate of drug-likeness (QED) is 0.504. The van der Waals surface area contributed by atoms with Crippen LogP contribution in [0.15, 0.2) is 12.7 Å². The molecule has 0 aliphatic carbocycles. The molecule has 0 aliphatic rings. The molecule has 0 N–H and O–H groups in total. The molecule has 1 nitrogen and oxygen atoms in total. The third kappa shape index (κ3) is 3.95. The first-order valence-electron chi connectivity index (χ1n) is 3.93. The van der Waals surface area contributed by atoms with Gasteiger partial charge in [0, 0.05) is 0 Å². The van der Waals surface area contributed by atoms with Gasteiger partial charge >= 0.3 is 76.6 Å². The molecule has 0 rings (SSSR count). The Balaban J connectivity index is 3.90.